The van der Waals surface area contributed by atoms with E-state index in [0.717, 1.165) is 39.0 Å². The quantitative estimate of drug-likeness (QED) is 0.627. The standard InChI is InChI=1S/C21H34N4O4S/c1-21(2)16-25(13-12-24(21)3)11-10-22-20(26)17-6-8-19(9-7-17)30(27,28)23-15-18-5-4-14-29-18/h6-9,18,23H,4-5,10-16H2,1-3H3,(H,22,26)/t18-/m0/s1. The second kappa shape index (κ2) is 9.74. The Morgan fingerprint density at radius 2 is 1.97 bits per heavy atom. The number of ether oxygens (including phenoxy) is 1. The minimum Gasteiger partial charge on any atom is -0.377 e. The highest BCUT2D eigenvalue weighted by atomic mass is 32.2. The zero-order valence-corrected chi connectivity index (χ0v) is 19.0. The molecule has 1 aromatic rings. The fourth-order valence-corrected chi connectivity index (χ4v) is 4.90. The third-order valence-electron chi connectivity index (χ3n) is 6.06. The molecule has 9 heteroatoms. The molecule has 1 amide bonds. The van der Waals surface area contributed by atoms with Gasteiger partial charge >= 0.3 is 0 Å². The number of benzene rings is 1. The second-order valence-corrected chi connectivity index (χ2v) is 10.5. The van der Waals surface area contributed by atoms with Crippen LogP contribution < -0.4 is 10.0 Å². The van der Waals surface area contributed by atoms with E-state index in [1.165, 1.54) is 12.1 Å². The van der Waals surface area contributed by atoms with Crippen LogP contribution in [0.4, 0.5) is 0 Å². The van der Waals surface area contributed by atoms with Gasteiger partial charge in [0.25, 0.3) is 5.91 Å². The normalized spacial score (nSPS) is 22.8. The third kappa shape index (κ3) is 6.01. The monoisotopic (exact) mass is 438 g/mol. The van der Waals surface area contributed by atoms with Crippen LogP contribution in [0.5, 0.6) is 0 Å². The number of sulfonamides is 1. The second-order valence-electron chi connectivity index (χ2n) is 8.78. The number of carbonyl (C=O) groups is 1. The van der Waals surface area contributed by atoms with Crippen LogP contribution in [0.15, 0.2) is 29.2 Å². The summed E-state index contributed by atoms with van der Waals surface area (Å²) in [6, 6.07) is 6.04. The molecule has 2 aliphatic heterocycles. The molecule has 168 valence electrons. The van der Waals surface area contributed by atoms with Gasteiger partial charge in [0.05, 0.1) is 11.0 Å². The van der Waals surface area contributed by atoms with Crippen LogP contribution in [0.25, 0.3) is 0 Å². The Labute approximate surface area is 180 Å². The van der Waals surface area contributed by atoms with Gasteiger partial charge in [-0.25, -0.2) is 13.1 Å². The molecule has 0 saturated carbocycles. The molecule has 0 aliphatic carbocycles. The summed E-state index contributed by atoms with van der Waals surface area (Å²) in [5.74, 6) is -0.195. The SMILES string of the molecule is CN1CCN(CCNC(=O)c2ccc(S(=O)(=O)NC[C@@H]3CCCO3)cc2)CC1(C)C. The number of hydrogen-bond acceptors (Lipinski definition) is 6. The molecule has 3 rings (SSSR count). The molecule has 1 aromatic carbocycles. The highest BCUT2D eigenvalue weighted by Crippen LogP contribution is 2.18. The molecule has 0 spiro atoms. The van der Waals surface area contributed by atoms with E-state index in [2.05, 4.69) is 40.7 Å². The predicted octanol–water partition coefficient (Wildman–Crippen LogP) is 0.900. The lowest BCUT2D eigenvalue weighted by atomic mass is 10.00. The number of nitrogens with one attached hydrogen (secondary N) is 2. The van der Waals surface area contributed by atoms with Crippen molar-refractivity contribution >= 4 is 15.9 Å². The van der Waals surface area contributed by atoms with Crippen molar-refractivity contribution in [1.29, 1.82) is 0 Å². The fourth-order valence-electron chi connectivity index (χ4n) is 3.84. The average Bonchev–Trinajstić information content (AvgIpc) is 3.23. The van der Waals surface area contributed by atoms with Crippen molar-refractivity contribution in [1.82, 2.24) is 19.8 Å². The van der Waals surface area contributed by atoms with Gasteiger partial charge < -0.3 is 10.1 Å². The van der Waals surface area contributed by atoms with E-state index < -0.39 is 10.0 Å². The summed E-state index contributed by atoms with van der Waals surface area (Å²) in [5.41, 5.74) is 0.577. The molecule has 0 unspecified atom stereocenters. The molecule has 8 nitrogen and oxygen atoms in total. The molecule has 30 heavy (non-hydrogen) atoms. The lowest BCUT2D eigenvalue weighted by Gasteiger charge is -2.45. The van der Waals surface area contributed by atoms with Crippen LogP contribution in [0, 0.1) is 0 Å². The van der Waals surface area contributed by atoms with Gasteiger partial charge in [-0.15, -0.1) is 0 Å². The third-order valence-corrected chi connectivity index (χ3v) is 7.50. The summed E-state index contributed by atoms with van der Waals surface area (Å²) in [6.07, 6.45) is 1.77. The predicted molar refractivity (Wildman–Crippen MR) is 116 cm³/mol. The number of nitrogens with zero attached hydrogens (tertiary/aromatic N) is 2. The number of rotatable bonds is 8. The first-order valence-corrected chi connectivity index (χ1v) is 12.1. The lowest BCUT2D eigenvalue weighted by molar-refractivity contribution is 0.0406. The Morgan fingerprint density at radius 1 is 1.23 bits per heavy atom. The fraction of sp³-hybridized carbons (Fsp3) is 0.667. The van der Waals surface area contributed by atoms with E-state index in [9.17, 15) is 13.2 Å². The van der Waals surface area contributed by atoms with Crippen LogP contribution in [-0.4, -0.2) is 88.7 Å². The highest BCUT2D eigenvalue weighted by Gasteiger charge is 2.30. The minimum absolute atomic E-state index is 0.0595. The number of carbonyl (C=O) groups excluding carboxylic acids is 1. The first kappa shape index (κ1) is 23.1. The topological polar surface area (TPSA) is 91.0 Å². The van der Waals surface area contributed by atoms with Gasteiger partial charge in [0, 0.05) is 57.0 Å². The van der Waals surface area contributed by atoms with Crippen molar-refractivity contribution < 1.29 is 17.9 Å². The van der Waals surface area contributed by atoms with Crippen LogP contribution in [-0.2, 0) is 14.8 Å². The van der Waals surface area contributed by atoms with Crippen molar-refractivity contribution in [2.45, 2.75) is 43.2 Å². The largest absolute Gasteiger partial charge is 0.377 e. The summed E-state index contributed by atoms with van der Waals surface area (Å²) in [4.78, 5) is 17.3. The van der Waals surface area contributed by atoms with Crippen LogP contribution in [0.3, 0.4) is 0 Å². The molecule has 0 aromatic heterocycles. The molecule has 2 saturated heterocycles. The van der Waals surface area contributed by atoms with Gasteiger partial charge in [0.1, 0.15) is 0 Å². The highest BCUT2D eigenvalue weighted by molar-refractivity contribution is 7.89. The molecule has 2 N–H and O–H groups in total. The Balaban J connectivity index is 1.46. The summed E-state index contributed by atoms with van der Waals surface area (Å²) in [6.45, 7) is 9.72. The summed E-state index contributed by atoms with van der Waals surface area (Å²) < 4.78 is 32.9. The first-order valence-electron chi connectivity index (χ1n) is 10.6. The van der Waals surface area contributed by atoms with Crippen LogP contribution in [0.2, 0.25) is 0 Å². The van der Waals surface area contributed by atoms with Crippen molar-refractivity contribution in [2.24, 2.45) is 0 Å². The van der Waals surface area contributed by atoms with Crippen molar-refractivity contribution in [2.75, 3.05) is 52.9 Å². The number of amides is 1. The van der Waals surface area contributed by atoms with E-state index in [4.69, 9.17) is 4.74 Å². The van der Waals surface area contributed by atoms with E-state index in [0.29, 0.717) is 18.7 Å². The zero-order valence-electron chi connectivity index (χ0n) is 18.2. The van der Waals surface area contributed by atoms with Crippen LogP contribution in [0.1, 0.15) is 37.0 Å². The van der Waals surface area contributed by atoms with E-state index in [-0.39, 0.29) is 29.0 Å². The van der Waals surface area contributed by atoms with Gasteiger partial charge in [0.15, 0.2) is 0 Å². The van der Waals surface area contributed by atoms with Gasteiger partial charge in [0.2, 0.25) is 10.0 Å². The summed E-state index contributed by atoms with van der Waals surface area (Å²) in [7, 11) is -1.47. The van der Waals surface area contributed by atoms with Gasteiger partial charge in [-0.05, 0) is 58.0 Å². The van der Waals surface area contributed by atoms with Gasteiger partial charge in [-0.1, -0.05) is 0 Å². The number of hydrogen-bond donors (Lipinski definition) is 2. The van der Waals surface area contributed by atoms with E-state index >= 15 is 0 Å². The van der Waals surface area contributed by atoms with E-state index in [1.54, 1.807) is 12.1 Å². The van der Waals surface area contributed by atoms with Gasteiger partial charge in [-0.2, -0.15) is 0 Å². The molecule has 2 aliphatic rings. The number of likely N-dealkylation sites (N-methyl/N-ethyl adjacent to an activating group) is 1. The summed E-state index contributed by atoms with van der Waals surface area (Å²) in [5, 5.41) is 2.93. The first-order chi connectivity index (χ1) is 14.2. The van der Waals surface area contributed by atoms with Crippen molar-refractivity contribution in [3.05, 3.63) is 29.8 Å². The Bertz CT molecular complexity index is 820. The van der Waals surface area contributed by atoms with E-state index in [1.807, 2.05) is 0 Å². The molecule has 0 bridgehead atoms. The Morgan fingerprint density at radius 3 is 2.60 bits per heavy atom. The van der Waals surface area contributed by atoms with Crippen molar-refractivity contribution in [3.8, 4) is 0 Å². The lowest BCUT2D eigenvalue weighted by Crippen LogP contribution is -2.58. The maximum atomic E-state index is 12.4. The molecule has 2 heterocycles. The smallest absolute Gasteiger partial charge is 0.251 e. The van der Waals surface area contributed by atoms with Crippen LogP contribution >= 0.6 is 0 Å². The molecule has 0 radical (unpaired) electrons. The maximum Gasteiger partial charge on any atom is 0.251 e. The summed E-state index contributed by atoms with van der Waals surface area (Å²) >= 11 is 0. The number of piperazine rings is 1. The molecule has 2 fully saturated rings. The average molecular weight is 439 g/mol. The maximum absolute atomic E-state index is 12.4. The molecular formula is C21H34N4O4S. The molecular weight excluding hydrogens is 404 g/mol. The van der Waals surface area contributed by atoms with Crippen molar-refractivity contribution in [3.63, 3.8) is 0 Å². The minimum atomic E-state index is -3.61. The zero-order chi connectivity index (χ0) is 21.8. The molecule has 1 atom stereocenters. The Kier molecular flexibility index (Phi) is 7.52. The Hall–Kier alpha value is -1.52. The van der Waals surface area contributed by atoms with Gasteiger partial charge in [-0.3, -0.25) is 14.6 Å².